The summed E-state index contributed by atoms with van der Waals surface area (Å²) in [5, 5.41) is 22.4. The van der Waals surface area contributed by atoms with E-state index >= 15 is 0 Å². The number of amides is 2. The number of nitrogens with zero attached hydrogens (tertiary/aromatic N) is 1. The zero-order valence-electron chi connectivity index (χ0n) is 18.7. The molecule has 0 bridgehead atoms. The van der Waals surface area contributed by atoms with Crippen molar-refractivity contribution in [3.05, 3.63) is 63.6 Å². The van der Waals surface area contributed by atoms with Crippen molar-refractivity contribution in [3.8, 4) is 5.75 Å². The molecule has 1 atom stereocenters. The van der Waals surface area contributed by atoms with Gasteiger partial charge in [-0.25, -0.2) is 4.79 Å². The molecule has 0 unspecified atom stereocenters. The van der Waals surface area contributed by atoms with E-state index in [1.165, 1.54) is 12.1 Å². The van der Waals surface area contributed by atoms with Crippen LogP contribution in [0, 0.1) is 5.92 Å². The molecule has 2 amide bonds. The highest BCUT2D eigenvalue weighted by Gasteiger charge is 2.26. The number of carboxylic acids is 1. The quantitative estimate of drug-likeness (QED) is 0.475. The number of rotatable bonds is 9. The van der Waals surface area contributed by atoms with E-state index in [0.29, 0.717) is 54.4 Å². The number of likely N-dealkylation sites (tertiary alicyclic amines) is 1. The molecule has 2 aromatic carbocycles. The Morgan fingerprint density at radius 1 is 1.00 bits per heavy atom. The maximum Gasteiger partial charge on any atom is 0.326 e. The summed E-state index contributed by atoms with van der Waals surface area (Å²) in [5.41, 5.74) is 1.66. The molecule has 0 aliphatic carbocycles. The van der Waals surface area contributed by atoms with Crippen molar-refractivity contribution >= 4 is 41.0 Å². The zero-order chi connectivity index (χ0) is 24.7. The zero-order valence-corrected chi connectivity index (χ0v) is 20.2. The Bertz CT molecular complexity index is 1020. The first-order chi connectivity index (χ1) is 16.2. The van der Waals surface area contributed by atoms with Crippen LogP contribution in [0.2, 0.25) is 10.0 Å². The first-order valence-electron chi connectivity index (χ1n) is 11.2. The minimum Gasteiger partial charge on any atom is -0.508 e. The lowest BCUT2D eigenvalue weighted by atomic mass is 9.92. The van der Waals surface area contributed by atoms with Gasteiger partial charge in [-0.15, -0.1) is 0 Å². The number of hydrogen-bond acceptors (Lipinski definition) is 4. The van der Waals surface area contributed by atoms with Gasteiger partial charge < -0.3 is 20.4 Å². The predicted molar refractivity (Wildman–Crippen MR) is 130 cm³/mol. The minimum atomic E-state index is -1.11. The number of hydrogen-bond donors (Lipinski definition) is 3. The molecule has 1 saturated heterocycles. The van der Waals surface area contributed by atoms with Gasteiger partial charge in [-0.1, -0.05) is 41.4 Å². The fraction of sp³-hybridized carbons (Fsp3) is 0.400. The van der Waals surface area contributed by atoms with Crippen LogP contribution >= 0.6 is 23.2 Å². The van der Waals surface area contributed by atoms with Gasteiger partial charge in [-0.2, -0.15) is 0 Å². The van der Waals surface area contributed by atoms with Crippen LogP contribution in [0.25, 0.3) is 0 Å². The molecule has 7 nitrogen and oxygen atoms in total. The Labute approximate surface area is 208 Å². The summed E-state index contributed by atoms with van der Waals surface area (Å²) in [6, 6.07) is 10.5. The number of phenols is 1. The van der Waals surface area contributed by atoms with E-state index in [1.807, 2.05) is 11.0 Å². The van der Waals surface area contributed by atoms with Crippen LogP contribution in [0.15, 0.2) is 42.5 Å². The van der Waals surface area contributed by atoms with Crippen molar-refractivity contribution in [3.63, 3.8) is 0 Å². The molecule has 34 heavy (non-hydrogen) atoms. The Morgan fingerprint density at radius 3 is 2.26 bits per heavy atom. The Morgan fingerprint density at radius 2 is 1.65 bits per heavy atom. The molecule has 1 aliphatic rings. The van der Waals surface area contributed by atoms with E-state index < -0.39 is 12.0 Å². The highest BCUT2D eigenvalue weighted by atomic mass is 35.5. The number of carbonyl (C=O) groups excluding carboxylic acids is 2. The number of phenolic OH excluding ortho intramolecular Hbond substituents is 1. The van der Waals surface area contributed by atoms with Gasteiger partial charge >= 0.3 is 5.97 Å². The van der Waals surface area contributed by atoms with Crippen molar-refractivity contribution in [2.45, 2.75) is 44.6 Å². The number of nitrogens with one attached hydrogen (secondary N) is 1. The molecule has 9 heteroatoms. The van der Waals surface area contributed by atoms with Crippen LogP contribution in [-0.2, 0) is 27.2 Å². The first-order valence-corrected chi connectivity index (χ1v) is 12.0. The van der Waals surface area contributed by atoms with Gasteiger partial charge in [0.1, 0.15) is 11.8 Å². The van der Waals surface area contributed by atoms with E-state index in [0.717, 1.165) is 5.56 Å². The molecule has 0 saturated carbocycles. The number of carboxylic acid groups (broad SMARTS) is 1. The van der Waals surface area contributed by atoms with Crippen LogP contribution in [0.5, 0.6) is 5.75 Å². The summed E-state index contributed by atoms with van der Waals surface area (Å²) >= 11 is 12.0. The second kappa shape index (κ2) is 12.1. The van der Waals surface area contributed by atoms with Crippen molar-refractivity contribution in [1.82, 2.24) is 10.2 Å². The average molecular weight is 507 g/mol. The van der Waals surface area contributed by atoms with Crippen LogP contribution in [0.3, 0.4) is 0 Å². The predicted octanol–water partition coefficient (Wildman–Crippen LogP) is 4.07. The Kier molecular flexibility index (Phi) is 9.19. The molecule has 3 N–H and O–H groups in total. The number of piperidine rings is 1. The van der Waals surface area contributed by atoms with Gasteiger partial charge in [0.25, 0.3) is 0 Å². The Hall–Kier alpha value is -2.77. The monoisotopic (exact) mass is 506 g/mol. The maximum absolute atomic E-state index is 12.6. The average Bonchev–Trinajstić information content (AvgIpc) is 2.81. The van der Waals surface area contributed by atoms with Crippen LogP contribution in [0.1, 0.15) is 36.8 Å². The maximum atomic E-state index is 12.6. The summed E-state index contributed by atoms with van der Waals surface area (Å²) in [5.74, 6) is -1.16. The lowest BCUT2D eigenvalue weighted by Crippen LogP contribution is -2.44. The van der Waals surface area contributed by atoms with Crippen LogP contribution in [0.4, 0.5) is 0 Å². The normalized spacial score (nSPS) is 15.1. The first kappa shape index (κ1) is 25.8. The fourth-order valence-electron chi connectivity index (χ4n) is 4.07. The summed E-state index contributed by atoms with van der Waals surface area (Å²) in [6.07, 6.45) is 2.71. The van der Waals surface area contributed by atoms with E-state index in [1.54, 1.807) is 24.3 Å². The SMILES string of the molecule is O=C(CC1CCN(C(=O)CCc2ccc(Cl)c(Cl)c2)CC1)N[C@@H](Cc1ccc(O)cc1)C(=O)O. The van der Waals surface area contributed by atoms with Crippen molar-refractivity contribution in [2.24, 2.45) is 5.92 Å². The van der Waals surface area contributed by atoms with Gasteiger partial charge in [0.15, 0.2) is 0 Å². The number of aryl methyl sites for hydroxylation is 1. The third kappa shape index (κ3) is 7.64. The van der Waals surface area contributed by atoms with E-state index in [4.69, 9.17) is 23.2 Å². The lowest BCUT2D eigenvalue weighted by molar-refractivity contribution is -0.142. The number of carbonyl (C=O) groups is 3. The van der Waals surface area contributed by atoms with Gasteiger partial charge in [0.05, 0.1) is 10.0 Å². The summed E-state index contributed by atoms with van der Waals surface area (Å²) in [4.78, 5) is 38.5. The van der Waals surface area contributed by atoms with Crippen molar-refractivity contribution in [1.29, 1.82) is 0 Å². The van der Waals surface area contributed by atoms with E-state index in [2.05, 4.69) is 5.32 Å². The second-order valence-corrected chi connectivity index (χ2v) is 9.42. The molecule has 3 rings (SSSR count). The van der Waals surface area contributed by atoms with E-state index in [-0.39, 0.29) is 36.3 Å². The van der Waals surface area contributed by atoms with Gasteiger partial charge in [0, 0.05) is 32.4 Å². The van der Waals surface area contributed by atoms with Gasteiger partial charge in [-0.05, 0) is 60.6 Å². The highest BCUT2D eigenvalue weighted by molar-refractivity contribution is 6.42. The van der Waals surface area contributed by atoms with Crippen LogP contribution < -0.4 is 5.32 Å². The van der Waals surface area contributed by atoms with Crippen LogP contribution in [-0.4, -0.2) is 52.0 Å². The second-order valence-electron chi connectivity index (χ2n) is 8.61. The third-order valence-corrected chi connectivity index (χ3v) is 6.80. The number of benzene rings is 2. The molecule has 0 radical (unpaired) electrons. The minimum absolute atomic E-state index is 0.0637. The van der Waals surface area contributed by atoms with E-state index in [9.17, 15) is 24.6 Å². The molecule has 182 valence electrons. The van der Waals surface area contributed by atoms with Gasteiger partial charge in [-0.3, -0.25) is 9.59 Å². The molecular weight excluding hydrogens is 479 g/mol. The standard InChI is InChI=1S/C25H28Cl2N2O5/c26-20-7-3-16(13-21(20)27)4-8-24(32)29-11-9-18(10-12-29)15-23(31)28-22(25(33)34)14-17-1-5-19(30)6-2-17/h1-3,5-7,13,18,22,30H,4,8-12,14-15H2,(H,28,31)(H,33,34)/t22-/m0/s1. The van der Waals surface area contributed by atoms with Gasteiger partial charge in [0.2, 0.25) is 11.8 Å². The Balaban J connectivity index is 1.42. The largest absolute Gasteiger partial charge is 0.508 e. The number of aromatic hydroxyl groups is 1. The molecule has 0 aromatic heterocycles. The summed E-state index contributed by atoms with van der Waals surface area (Å²) in [7, 11) is 0. The summed E-state index contributed by atoms with van der Waals surface area (Å²) < 4.78 is 0. The molecule has 1 heterocycles. The third-order valence-electron chi connectivity index (χ3n) is 6.06. The van der Waals surface area contributed by atoms with Crippen molar-refractivity contribution < 1.29 is 24.6 Å². The fourth-order valence-corrected chi connectivity index (χ4v) is 4.39. The molecular formula is C25H28Cl2N2O5. The summed E-state index contributed by atoms with van der Waals surface area (Å²) in [6.45, 7) is 1.15. The number of halogens is 2. The lowest BCUT2D eigenvalue weighted by Gasteiger charge is -2.32. The molecule has 0 spiro atoms. The smallest absolute Gasteiger partial charge is 0.326 e. The topological polar surface area (TPSA) is 107 Å². The number of aliphatic carboxylic acids is 1. The van der Waals surface area contributed by atoms with Crippen molar-refractivity contribution in [2.75, 3.05) is 13.1 Å². The molecule has 1 fully saturated rings. The molecule has 1 aliphatic heterocycles. The molecule has 2 aromatic rings. The highest BCUT2D eigenvalue weighted by Crippen LogP contribution is 2.24.